The van der Waals surface area contributed by atoms with Gasteiger partial charge in [-0.25, -0.2) is 8.42 Å². The molecule has 1 aromatic heterocycles. The summed E-state index contributed by atoms with van der Waals surface area (Å²) < 4.78 is 29.2. The fourth-order valence-electron chi connectivity index (χ4n) is 5.01. The fraction of sp³-hybridized carbons (Fsp3) is 0.333. The second-order valence-corrected chi connectivity index (χ2v) is 13.3. The van der Waals surface area contributed by atoms with Crippen LogP contribution in [0.4, 0.5) is 0 Å². The molecule has 1 aliphatic heterocycles. The maximum Gasteiger partial charge on any atom is 0.325 e. The van der Waals surface area contributed by atoms with Crippen molar-refractivity contribution in [3.63, 3.8) is 0 Å². The summed E-state index contributed by atoms with van der Waals surface area (Å²) in [5.74, 6) is -2.21. The number of benzene rings is 2. The van der Waals surface area contributed by atoms with E-state index in [-0.39, 0.29) is 10.6 Å². The smallest absolute Gasteiger partial charge is 0.325 e. The first-order chi connectivity index (χ1) is 18.1. The van der Waals surface area contributed by atoms with Gasteiger partial charge in [-0.05, 0) is 48.9 Å². The van der Waals surface area contributed by atoms with Gasteiger partial charge in [-0.1, -0.05) is 54.1 Å². The molecule has 2 aromatic carbocycles. The third-order valence-corrected chi connectivity index (χ3v) is 11.1. The number of nitrogens with zero attached hydrogens (tertiary/aromatic N) is 3. The molecule has 2 atom stereocenters. The van der Waals surface area contributed by atoms with Crippen LogP contribution in [0.25, 0.3) is 10.4 Å². The lowest BCUT2D eigenvalue weighted by Gasteiger charge is -2.35. The van der Waals surface area contributed by atoms with Crippen LogP contribution >= 0.6 is 22.9 Å². The molecular weight excluding hydrogens is 546 g/mol. The van der Waals surface area contributed by atoms with Gasteiger partial charge in [-0.3, -0.25) is 9.59 Å². The molecule has 2 heterocycles. The van der Waals surface area contributed by atoms with E-state index in [2.05, 4.69) is 4.90 Å². The summed E-state index contributed by atoms with van der Waals surface area (Å²) >= 11 is 7.04. The fourth-order valence-corrected chi connectivity index (χ4v) is 8.28. The summed E-state index contributed by atoms with van der Waals surface area (Å²) in [4.78, 5) is 30.6. The average molecular weight is 574 g/mol. The van der Waals surface area contributed by atoms with E-state index in [1.165, 1.54) is 6.07 Å². The van der Waals surface area contributed by atoms with Gasteiger partial charge in [0.05, 0.1) is 6.54 Å². The SMILES string of the molecule is CN1CCN(C(=O)CN([C@]2(C(=O)O)C[C@H]2c2ccccc2)S(=O)(=O)c2ccc(-c3ccc(Cl)cc3)s2)CC1. The van der Waals surface area contributed by atoms with Crippen molar-refractivity contribution in [2.24, 2.45) is 0 Å². The van der Waals surface area contributed by atoms with Crippen LogP contribution in [0.1, 0.15) is 17.9 Å². The maximum atomic E-state index is 14.1. The maximum absolute atomic E-state index is 14.1. The highest BCUT2D eigenvalue weighted by atomic mass is 35.5. The van der Waals surface area contributed by atoms with Gasteiger partial charge >= 0.3 is 5.97 Å². The van der Waals surface area contributed by atoms with Crippen LogP contribution in [0.2, 0.25) is 5.02 Å². The number of aliphatic carboxylic acids is 1. The van der Waals surface area contributed by atoms with E-state index in [1.807, 2.05) is 13.1 Å². The Hall–Kier alpha value is -2.76. The van der Waals surface area contributed by atoms with Crippen LogP contribution in [-0.4, -0.2) is 84.8 Å². The molecule has 1 amide bonds. The molecule has 1 aliphatic carbocycles. The van der Waals surface area contributed by atoms with Crippen molar-refractivity contribution in [1.82, 2.24) is 14.1 Å². The second kappa shape index (κ2) is 10.4. The van der Waals surface area contributed by atoms with E-state index in [9.17, 15) is 23.1 Å². The molecule has 0 unspecified atom stereocenters. The van der Waals surface area contributed by atoms with E-state index in [4.69, 9.17) is 11.6 Å². The third kappa shape index (κ3) is 4.99. The number of carbonyl (C=O) groups is 2. The summed E-state index contributed by atoms with van der Waals surface area (Å²) in [5.41, 5.74) is -0.218. The Balaban J connectivity index is 1.52. The van der Waals surface area contributed by atoms with E-state index in [1.54, 1.807) is 59.5 Å². The molecule has 1 saturated carbocycles. The van der Waals surface area contributed by atoms with Crippen molar-refractivity contribution in [3.05, 3.63) is 77.3 Å². The normalized spacial score (nSPS) is 22.0. The molecule has 5 rings (SSSR count). The number of hydrogen-bond donors (Lipinski definition) is 1. The van der Waals surface area contributed by atoms with E-state index < -0.39 is 39.9 Å². The number of carbonyl (C=O) groups excluding carboxylic acids is 1. The summed E-state index contributed by atoms with van der Waals surface area (Å²) in [6.07, 6.45) is 0.0943. The summed E-state index contributed by atoms with van der Waals surface area (Å²) in [6, 6.07) is 19.2. The number of rotatable bonds is 8. The highest BCUT2D eigenvalue weighted by molar-refractivity contribution is 7.91. The molecule has 1 N–H and O–H groups in total. The van der Waals surface area contributed by atoms with Gasteiger partial charge in [-0.15, -0.1) is 11.3 Å². The summed E-state index contributed by atoms with van der Waals surface area (Å²) in [5, 5.41) is 11.0. The Labute approximate surface area is 231 Å². The lowest BCUT2D eigenvalue weighted by Crippen LogP contribution is -2.55. The van der Waals surface area contributed by atoms with Gasteiger partial charge in [0.2, 0.25) is 5.91 Å². The minimum atomic E-state index is -4.33. The zero-order valence-corrected chi connectivity index (χ0v) is 23.2. The molecule has 38 heavy (non-hydrogen) atoms. The quantitative estimate of drug-likeness (QED) is 0.440. The lowest BCUT2D eigenvalue weighted by atomic mass is 10.1. The number of carboxylic acid groups (broad SMARTS) is 1. The summed E-state index contributed by atoms with van der Waals surface area (Å²) in [6.45, 7) is 1.74. The lowest BCUT2D eigenvalue weighted by molar-refractivity contribution is -0.144. The van der Waals surface area contributed by atoms with Crippen LogP contribution in [0.15, 0.2) is 70.9 Å². The van der Waals surface area contributed by atoms with Crippen LogP contribution in [0, 0.1) is 0 Å². The Morgan fingerprint density at radius 3 is 2.32 bits per heavy atom. The molecule has 1 saturated heterocycles. The van der Waals surface area contributed by atoms with Gasteiger partial charge in [0.15, 0.2) is 0 Å². The molecule has 8 nitrogen and oxygen atoms in total. The average Bonchev–Trinajstić information content (AvgIpc) is 3.46. The first kappa shape index (κ1) is 26.8. The molecule has 200 valence electrons. The standard InChI is InChI=1S/C27H28ClN3O5S2/c1-29-13-15-30(16-14-29)24(32)18-31(27(26(33)34)17-22(27)19-5-3-2-4-6-19)38(35,36)25-12-11-23(37-25)20-7-9-21(28)10-8-20/h2-12,22H,13-18H2,1H3,(H,33,34)/t22-,27+/m0/s1. The number of carboxylic acids is 1. The Morgan fingerprint density at radius 2 is 1.68 bits per heavy atom. The molecular formula is C27H28ClN3O5S2. The predicted molar refractivity (Wildman–Crippen MR) is 147 cm³/mol. The predicted octanol–water partition coefficient (Wildman–Crippen LogP) is 3.84. The van der Waals surface area contributed by atoms with Crippen molar-refractivity contribution in [1.29, 1.82) is 0 Å². The topological polar surface area (TPSA) is 98.2 Å². The largest absolute Gasteiger partial charge is 0.480 e. The number of halogens is 1. The number of sulfonamides is 1. The van der Waals surface area contributed by atoms with Crippen molar-refractivity contribution < 1.29 is 23.1 Å². The second-order valence-electron chi connectivity index (χ2n) is 9.72. The summed E-state index contributed by atoms with van der Waals surface area (Å²) in [7, 11) is -2.37. The third-order valence-electron chi connectivity index (χ3n) is 7.34. The van der Waals surface area contributed by atoms with E-state index in [0.29, 0.717) is 36.1 Å². The highest BCUT2D eigenvalue weighted by Gasteiger charge is 2.68. The molecule has 0 radical (unpaired) electrons. The van der Waals surface area contributed by atoms with Crippen LogP contribution in [0.3, 0.4) is 0 Å². The molecule has 0 spiro atoms. The minimum Gasteiger partial charge on any atom is -0.480 e. The van der Waals surface area contributed by atoms with E-state index >= 15 is 0 Å². The molecule has 0 bridgehead atoms. The van der Waals surface area contributed by atoms with Crippen LogP contribution in [0.5, 0.6) is 0 Å². The Kier molecular flexibility index (Phi) is 7.36. The molecule has 11 heteroatoms. The van der Waals surface area contributed by atoms with Crippen molar-refractivity contribution in [2.45, 2.75) is 22.1 Å². The minimum absolute atomic E-state index is 0.00651. The first-order valence-corrected chi connectivity index (χ1v) is 14.9. The van der Waals surface area contributed by atoms with Gasteiger partial charge in [-0.2, -0.15) is 4.31 Å². The number of likely N-dealkylation sites (N-methyl/N-ethyl adjacent to an activating group) is 1. The van der Waals surface area contributed by atoms with Gasteiger partial charge in [0.1, 0.15) is 9.75 Å². The van der Waals surface area contributed by atoms with Gasteiger partial charge in [0, 0.05) is 42.0 Å². The highest BCUT2D eigenvalue weighted by Crippen LogP contribution is 2.57. The van der Waals surface area contributed by atoms with Crippen molar-refractivity contribution in [3.8, 4) is 10.4 Å². The Morgan fingerprint density at radius 1 is 1.03 bits per heavy atom. The zero-order valence-electron chi connectivity index (χ0n) is 20.8. The monoisotopic (exact) mass is 573 g/mol. The zero-order chi connectivity index (χ0) is 27.1. The number of amides is 1. The van der Waals surface area contributed by atoms with Crippen LogP contribution in [-0.2, 0) is 19.6 Å². The molecule has 2 fully saturated rings. The van der Waals surface area contributed by atoms with Crippen molar-refractivity contribution in [2.75, 3.05) is 39.8 Å². The number of hydrogen-bond acceptors (Lipinski definition) is 6. The Bertz CT molecular complexity index is 1440. The first-order valence-electron chi connectivity index (χ1n) is 12.3. The molecule has 3 aromatic rings. The van der Waals surface area contributed by atoms with Crippen molar-refractivity contribution >= 4 is 44.8 Å². The number of thiophene rings is 1. The van der Waals surface area contributed by atoms with Gasteiger partial charge < -0.3 is 14.9 Å². The van der Waals surface area contributed by atoms with E-state index in [0.717, 1.165) is 26.8 Å². The molecule has 2 aliphatic rings. The van der Waals surface area contributed by atoms with Crippen LogP contribution < -0.4 is 0 Å². The van der Waals surface area contributed by atoms with Gasteiger partial charge in [0.25, 0.3) is 10.0 Å². The number of piperazine rings is 1.